The summed E-state index contributed by atoms with van der Waals surface area (Å²) in [5.41, 5.74) is 5.33. The molecular formula is C8H6BrN5O. The zero-order valence-corrected chi connectivity index (χ0v) is 9.02. The lowest BCUT2D eigenvalue weighted by Gasteiger charge is -2.01. The first-order valence-corrected chi connectivity index (χ1v) is 4.81. The lowest BCUT2D eigenvalue weighted by atomic mass is 10.3. The van der Waals surface area contributed by atoms with E-state index < -0.39 is 5.69 Å². The zero-order chi connectivity index (χ0) is 10.8. The summed E-state index contributed by atoms with van der Waals surface area (Å²) < 4.78 is 0.721. The summed E-state index contributed by atoms with van der Waals surface area (Å²) in [6.07, 6.45) is 1.59. The summed E-state index contributed by atoms with van der Waals surface area (Å²) in [4.78, 5) is 24.9. The van der Waals surface area contributed by atoms with Crippen LogP contribution < -0.4 is 11.4 Å². The van der Waals surface area contributed by atoms with Crippen LogP contribution in [0.2, 0.25) is 0 Å². The molecule has 0 bridgehead atoms. The summed E-state index contributed by atoms with van der Waals surface area (Å²) in [6.45, 7) is 0. The third-order valence-corrected chi connectivity index (χ3v) is 2.29. The first kappa shape index (κ1) is 9.78. The molecule has 2 heterocycles. The molecule has 3 N–H and O–H groups in total. The quantitative estimate of drug-likeness (QED) is 0.788. The number of nitrogens with zero attached hydrogens (tertiary/aromatic N) is 3. The third kappa shape index (κ3) is 2.01. The van der Waals surface area contributed by atoms with E-state index in [9.17, 15) is 4.79 Å². The molecule has 0 aliphatic carbocycles. The van der Waals surface area contributed by atoms with Crippen molar-refractivity contribution in [3.05, 3.63) is 33.3 Å². The Hall–Kier alpha value is -1.76. The second-order valence-electron chi connectivity index (χ2n) is 2.69. The van der Waals surface area contributed by atoms with Crippen LogP contribution >= 0.6 is 15.9 Å². The van der Waals surface area contributed by atoms with E-state index in [0.29, 0.717) is 11.5 Å². The van der Waals surface area contributed by atoms with Gasteiger partial charge in [-0.2, -0.15) is 9.97 Å². The summed E-state index contributed by atoms with van der Waals surface area (Å²) in [7, 11) is 0. The number of anilines is 1. The molecule has 7 heteroatoms. The van der Waals surface area contributed by atoms with Crippen molar-refractivity contribution in [2.45, 2.75) is 0 Å². The van der Waals surface area contributed by atoms with E-state index in [1.807, 2.05) is 0 Å². The smallest absolute Gasteiger partial charge is 0.349 e. The topological polar surface area (TPSA) is 97.5 Å². The highest BCUT2D eigenvalue weighted by molar-refractivity contribution is 9.10. The maximum atomic E-state index is 11.1. The van der Waals surface area contributed by atoms with E-state index in [-0.39, 0.29) is 5.95 Å². The van der Waals surface area contributed by atoms with Gasteiger partial charge in [0.2, 0.25) is 5.95 Å². The highest BCUT2D eigenvalue weighted by Crippen LogP contribution is 2.21. The van der Waals surface area contributed by atoms with Crippen LogP contribution in [0.25, 0.3) is 11.5 Å². The van der Waals surface area contributed by atoms with Gasteiger partial charge in [0.25, 0.3) is 0 Å². The molecule has 15 heavy (non-hydrogen) atoms. The predicted octanol–water partition coefficient (Wildman–Crippen LogP) is 0.572. The normalized spacial score (nSPS) is 10.2. The number of hydrogen-bond acceptors (Lipinski definition) is 5. The van der Waals surface area contributed by atoms with Gasteiger partial charge in [-0.1, -0.05) is 0 Å². The van der Waals surface area contributed by atoms with Crippen LogP contribution in [0.3, 0.4) is 0 Å². The Morgan fingerprint density at radius 3 is 2.87 bits per heavy atom. The highest BCUT2D eigenvalue weighted by Gasteiger charge is 2.07. The Labute approximate surface area is 92.7 Å². The van der Waals surface area contributed by atoms with Crippen LogP contribution in [-0.2, 0) is 0 Å². The molecule has 2 aromatic rings. The molecule has 0 atom stereocenters. The second kappa shape index (κ2) is 3.77. The van der Waals surface area contributed by atoms with Gasteiger partial charge in [0.1, 0.15) is 5.69 Å². The fourth-order valence-corrected chi connectivity index (χ4v) is 1.52. The van der Waals surface area contributed by atoms with Gasteiger partial charge < -0.3 is 5.73 Å². The molecule has 0 amide bonds. The Balaban J connectivity index is 2.64. The van der Waals surface area contributed by atoms with Crippen LogP contribution in [-0.4, -0.2) is 19.9 Å². The SMILES string of the molecule is Nc1nc(-c2ncccc2Br)[nH]c(=O)n1. The second-order valence-corrected chi connectivity index (χ2v) is 3.55. The van der Waals surface area contributed by atoms with Crippen LogP contribution in [0.5, 0.6) is 0 Å². The number of nitrogens with two attached hydrogens (primary N) is 1. The average Bonchev–Trinajstić information content (AvgIpc) is 2.16. The van der Waals surface area contributed by atoms with Gasteiger partial charge in [0.05, 0.1) is 0 Å². The van der Waals surface area contributed by atoms with Gasteiger partial charge in [0.15, 0.2) is 5.82 Å². The largest absolute Gasteiger partial charge is 0.368 e. The number of nitrogen functional groups attached to an aromatic ring is 1. The summed E-state index contributed by atoms with van der Waals surface area (Å²) in [5, 5.41) is 0. The predicted molar refractivity (Wildman–Crippen MR) is 58.0 cm³/mol. The maximum Gasteiger partial charge on any atom is 0.349 e. The Morgan fingerprint density at radius 1 is 1.40 bits per heavy atom. The lowest BCUT2D eigenvalue weighted by molar-refractivity contribution is 0.997. The third-order valence-electron chi connectivity index (χ3n) is 1.65. The molecule has 0 spiro atoms. The molecule has 0 saturated heterocycles. The minimum absolute atomic E-state index is 0.0775. The Kier molecular flexibility index (Phi) is 2.46. The molecule has 0 saturated carbocycles. The van der Waals surface area contributed by atoms with Crippen LogP contribution in [0.4, 0.5) is 5.95 Å². The van der Waals surface area contributed by atoms with Crippen molar-refractivity contribution in [1.29, 1.82) is 0 Å². The number of halogens is 1. The number of aromatic nitrogens is 4. The number of rotatable bonds is 1. The van der Waals surface area contributed by atoms with Crippen molar-refractivity contribution in [3.63, 3.8) is 0 Å². The minimum Gasteiger partial charge on any atom is -0.368 e. The summed E-state index contributed by atoms with van der Waals surface area (Å²) in [5.74, 6) is 0.214. The molecule has 2 aromatic heterocycles. The van der Waals surface area contributed by atoms with Crippen molar-refractivity contribution in [2.24, 2.45) is 0 Å². The van der Waals surface area contributed by atoms with Gasteiger partial charge in [-0.25, -0.2) is 4.79 Å². The van der Waals surface area contributed by atoms with Gasteiger partial charge in [-0.3, -0.25) is 9.97 Å². The van der Waals surface area contributed by atoms with Gasteiger partial charge in [-0.15, -0.1) is 0 Å². The van der Waals surface area contributed by atoms with Gasteiger partial charge >= 0.3 is 5.69 Å². The number of nitrogens with one attached hydrogen (secondary N) is 1. The molecule has 6 nitrogen and oxygen atoms in total. The minimum atomic E-state index is -0.546. The van der Waals surface area contributed by atoms with E-state index in [2.05, 4.69) is 35.9 Å². The number of aromatic amines is 1. The fraction of sp³-hybridized carbons (Fsp3) is 0. The van der Waals surface area contributed by atoms with Crippen molar-refractivity contribution < 1.29 is 0 Å². The Bertz CT molecular complexity index is 553. The molecule has 0 aliphatic rings. The molecule has 2 rings (SSSR count). The Morgan fingerprint density at radius 2 is 2.20 bits per heavy atom. The lowest BCUT2D eigenvalue weighted by Crippen LogP contribution is -2.16. The maximum absolute atomic E-state index is 11.1. The number of hydrogen-bond donors (Lipinski definition) is 2. The van der Waals surface area contributed by atoms with Crippen LogP contribution in [0, 0.1) is 0 Å². The molecule has 0 fully saturated rings. The summed E-state index contributed by atoms with van der Waals surface area (Å²) in [6, 6.07) is 3.55. The van der Waals surface area contributed by atoms with E-state index in [1.54, 1.807) is 18.3 Å². The zero-order valence-electron chi connectivity index (χ0n) is 7.44. The number of H-pyrrole nitrogens is 1. The number of pyridine rings is 1. The fourth-order valence-electron chi connectivity index (χ4n) is 1.07. The molecule has 0 aromatic carbocycles. The van der Waals surface area contributed by atoms with Crippen molar-refractivity contribution in [2.75, 3.05) is 5.73 Å². The van der Waals surface area contributed by atoms with Crippen molar-refractivity contribution >= 4 is 21.9 Å². The van der Waals surface area contributed by atoms with E-state index in [1.165, 1.54) is 0 Å². The first-order valence-electron chi connectivity index (χ1n) is 4.01. The molecular weight excluding hydrogens is 262 g/mol. The molecule has 76 valence electrons. The van der Waals surface area contributed by atoms with E-state index >= 15 is 0 Å². The first-order chi connectivity index (χ1) is 7.16. The highest BCUT2D eigenvalue weighted by atomic mass is 79.9. The average molecular weight is 268 g/mol. The van der Waals surface area contributed by atoms with E-state index in [4.69, 9.17) is 5.73 Å². The van der Waals surface area contributed by atoms with Crippen molar-refractivity contribution in [1.82, 2.24) is 19.9 Å². The van der Waals surface area contributed by atoms with Crippen molar-refractivity contribution in [3.8, 4) is 11.5 Å². The van der Waals surface area contributed by atoms with Gasteiger partial charge in [0, 0.05) is 10.7 Å². The monoisotopic (exact) mass is 267 g/mol. The van der Waals surface area contributed by atoms with Crippen LogP contribution in [0.1, 0.15) is 0 Å². The standard InChI is InChI=1S/C8H6BrN5O/c9-4-2-1-3-11-5(4)6-12-7(10)14-8(15)13-6/h1-3H,(H3,10,12,13,14,15). The molecule has 0 unspecified atom stereocenters. The molecule has 0 aliphatic heterocycles. The summed E-state index contributed by atoms with van der Waals surface area (Å²) >= 11 is 3.30. The van der Waals surface area contributed by atoms with Gasteiger partial charge in [-0.05, 0) is 28.1 Å². The van der Waals surface area contributed by atoms with Crippen LogP contribution in [0.15, 0.2) is 27.6 Å². The van der Waals surface area contributed by atoms with E-state index in [0.717, 1.165) is 4.47 Å². The molecule has 0 radical (unpaired) electrons.